The van der Waals surface area contributed by atoms with Crippen LogP contribution in [0.15, 0.2) is 84.6 Å². The number of methoxy groups -OCH3 is 1. The fraction of sp³-hybridized carbons (Fsp3) is 0.0357. The molecular formula is C28H19N3O3. The normalized spacial score (nSPS) is 13.1. The molecule has 0 atom stereocenters. The summed E-state index contributed by atoms with van der Waals surface area (Å²) in [6.07, 6.45) is 1.70. The van der Waals surface area contributed by atoms with E-state index >= 15 is 0 Å². The highest BCUT2D eigenvalue weighted by molar-refractivity contribution is 6.52. The van der Waals surface area contributed by atoms with Gasteiger partial charge in [0.2, 0.25) is 11.6 Å². The lowest BCUT2D eigenvalue weighted by Gasteiger charge is -2.16. The third-order valence-corrected chi connectivity index (χ3v) is 6.06. The van der Waals surface area contributed by atoms with Gasteiger partial charge >= 0.3 is 0 Å². The molecule has 34 heavy (non-hydrogen) atoms. The zero-order valence-electron chi connectivity index (χ0n) is 18.3. The van der Waals surface area contributed by atoms with Crippen molar-refractivity contribution in [3.8, 4) is 17.0 Å². The predicted octanol–water partition coefficient (Wildman–Crippen LogP) is 5.61. The van der Waals surface area contributed by atoms with Crippen molar-refractivity contribution in [1.82, 2.24) is 9.97 Å². The van der Waals surface area contributed by atoms with Crippen molar-refractivity contribution >= 4 is 45.3 Å². The maximum Gasteiger partial charge on any atom is 0.249 e. The number of carbonyl (C=O) groups excluding carboxylic acids is 2. The molecule has 0 spiro atoms. The van der Waals surface area contributed by atoms with Gasteiger partial charge < -0.3 is 15.0 Å². The number of Topliss-reactive ketones (excluding diaryl/α,β-unsaturated/α-hetero) is 2. The van der Waals surface area contributed by atoms with Crippen LogP contribution >= 0.6 is 0 Å². The summed E-state index contributed by atoms with van der Waals surface area (Å²) >= 11 is 0. The van der Waals surface area contributed by atoms with E-state index in [1.165, 1.54) is 0 Å². The first-order valence-electron chi connectivity index (χ1n) is 10.8. The molecule has 0 aliphatic heterocycles. The summed E-state index contributed by atoms with van der Waals surface area (Å²) in [5, 5.41) is 5.12. The highest BCUT2D eigenvalue weighted by atomic mass is 16.5. The van der Waals surface area contributed by atoms with Crippen molar-refractivity contribution in [2.75, 3.05) is 12.4 Å². The maximum atomic E-state index is 12.8. The lowest BCUT2D eigenvalue weighted by Crippen LogP contribution is -2.25. The van der Waals surface area contributed by atoms with Gasteiger partial charge in [-0.15, -0.1) is 0 Å². The van der Waals surface area contributed by atoms with E-state index in [2.05, 4.69) is 10.3 Å². The molecule has 0 bridgehead atoms. The monoisotopic (exact) mass is 445 g/mol. The van der Waals surface area contributed by atoms with Crippen LogP contribution in [-0.2, 0) is 4.79 Å². The first kappa shape index (κ1) is 19.9. The number of ketones is 2. The molecule has 3 aromatic carbocycles. The molecule has 164 valence electrons. The van der Waals surface area contributed by atoms with Gasteiger partial charge in [-0.3, -0.25) is 9.59 Å². The number of allylic oxidation sites excluding steroid dienone is 1. The molecule has 1 aliphatic carbocycles. The number of rotatable bonds is 4. The Morgan fingerprint density at radius 1 is 0.853 bits per heavy atom. The largest absolute Gasteiger partial charge is 0.497 e. The Morgan fingerprint density at radius 2 is 1.68 bits per heavy atom. The maximum absolute atomic E-state index is 12.8. The van der Waals surface area contributed by atoms with Crippen molar-refractivity contribution < 1.29 is 14.3 Å². The van der Waals surface area contributed by atoms with Gasteiger partial charge in [-0.25, -0.2) is 4.98 Å². The molecule has 0 amide bonds. The fourth-order valence-electron chi connectivity index (χ4n) is 4.42. The molecule has 2 heterocycles. The minimum absolute atomic E-state index is 0.201. The van der Waals surface area contributed by atoms with Gasteiger partial charge in [0.05, 0.1) is 24.0 Å². The summed E-state index contributed by atoms with van der Waals surface area (Å²) in [5.74, 6) is 0.0837. The molecule has 0 unspecified atom stereocenters. The summed E-state index contributed by atoms with van der Waals surface area (Å²) in [5.41, 5.74) is 4.76. The standard InChI is InChI=1S/C28H19N3O3/c1-34-18-9-6-8-17(13-18)25-26-21(20-11-4-5-12-22(20)30-26)15-24(31-25)29-23-14-16-7-2-3-10-19(16)27(32)28(23)33/h2-15,30H,1H3,(H,29,31). The smallest absolute Gasteiger partial charge is 0.249 e. The second-order valence-electron chi connectivity index (χ2n) is 8.11. The second kappa shape index (κ2) is 7.71. The number of fused-ring (bicyclic) bond motifs is 4. The third-order valence-electron chi connectivity index (χ3n) is 6.06. The quantitative estimate of drug-likeness (QED) is 0.351. The summed E-state index contributed by atoms with van der Waals surface area (Å²) in [4.78, 5) is 33.8. The van der Waals surface area contributed by atoms with Crippen LogP contribution in [0.3, 0.4) is 0 Å². The molecular weight excluding hydrogens is 426 g/mol. The number of nitrogens with one attached hydrogen (secondary N) is 2. The Bertz CT molecular complexity index is 1660. The van der Waals surface area contributed by atoms with Crippen molar-refractivity contribution in [1.29, 1.82) is 0 Å². The number of benzene rings is 3. The Morgan fingerprint density at radius 3 is 2.56 bits per heavy atom. The predicted molar refractivity (Wildman–Crippen MR) is 133 cm³/mol. The Balaban J connectivity index is 1.54. The molecule has 0 fully saturated rings. The summed E-state index contributed by atoms with van der Waals surface area (Å²) in [6, 6.07) is 24.7. The number of para-hydroxylation sites is 1. The number of nitrogens with zero attached hydrogens (tertiary/aromatic N) is 1. The number of H-pyrrole nitrogens is 1. The molecule has 0 radical (unpaired) electrons. The molecule has 6 rings (SSSR count). The molecule has 2 N–H and O–H groups in total. The molecule has 5 aromatic rings. The van der Waals surface area contributed by atoms with E-state index in [1.807, 2.05) is 66.7 Å². The Hall–Kier alpha value is -4.71. The molecule has 2 aromatic heterocycles. The van der Waals surface area contributed by atoms with Crippen LogP contribution in [0.2, 0.25) is 0 Å². The number of anilines is 1. The van der Waals surface area contributed by atoms with Crippen LogP contribution in [0, 0.1) is 0 Å². The van der Waals surface area contributed by atoms with E-state index in [0.717, 1.165) is 27.4 Å². The van der Waals surface area contributed by atoms with Gasteiger partial charge in [-0.2, -0.15) is 0 Å². The Labute approximate surface area is 194 Å². The van der Waals surface area contributed by atoms with Crippen molar-refractivity contribution in [2.24, 2.45) is 0 Å². The number of hydrogen-bond donors (Lipinski definition) is 2. The van der Waals surface area contributed by atoms with Crippen LogP contribution in [0.4, 0.5) is 5.82 Å². The average molecular weight is 445 g/mol. The van der Waals surface area contributed by atoms with Gasteiger partial charge in [-0.1, -0.05) is 54.6 Å². The molecule has 6 nitrogen and oxygen atoms in total. The molecule has 0 saturated heterocycles. The number of carbonyl (C=O) groups is 2. The fourth-order valence-corrected chi connectivity index (χ4v) is 4.42. The van der Waals surface area contributed by atoms with Crippen LogP contribution in [0.5, 0.6) is 5.75 Å². The lowest BCUT2D eigenvalue weighted by atomic mass is 9.93. The highest BCUT2D eigenvalue weighted by Gasteiger charge is 2.28. The number of aromatic nitrogens is 2. The topological polar surface area (TPSA) is 84.1 Å². The van der Waals surface area contributed by atoms with Crippen LogP contribution in [-0.4, -0.2) is 28.6 Å². The van der Waals surface area contributed by atoms with Crippen molar-refractivity contribution in [3.05, 3.63) is 95.7 Å². The van der Waals surface area contributed by atoms with Gasteiger partial charge in [0.1, 0.15) is 11.6 Å². The zero-order valence-corrected chi connectivity index (χ0v) is 18.3. The van der Waals surface area contributed by atoms with Crippen molar-refractivity contribution in [2.45, 2.75) is 0 Å². The SMILES string of the molecule is COc1cccc(-c2nc(NC3=Cc4ccccc4C(=O)C3=O)cc3c2[nH]c2ccccc23)c1. The minimum Gasteiger partial charge on any atom is -0.497 e. The lowest BCUT2D eigenvalue weighted by molar-refractivity contribution is -0.111. The minimum atomic E-state index is -0.581. The first-order valence-corrected chi connectivity index (χ1v) is 10.8. The van der Waals surface area contributed by atoms with E-state index in [1.54, 1.807) is 25.3 Å². The Kier molecular flexibility index (Phi) is 4.52. The first-order chi connectivity index (χ1) is 16.6. The van der Waals surface area contributed by atoms with Crippen LogP contribution in [0.1, 0.15) is 15.9 Å². The number of aromatic amines is 1. The highest BCUT2D eigenvalue weighted by Crippen LogP contribution is 2.35. The summed E-state index contributed by atoms with van der Waals surface area (Å²) < 4.78 is 5.41. The molecule has 1 aliphatic rings. The van der Waals surface area contributed by atoms with Crippen LogP contribution < -0.4 is 10.1 Å². The van der Waals surface area contributed by atoms with Crippen LogP contribution in [0.25, 0.3) is 39.1 Å². The third kappa shape index (κ3) is 3.16. The van der Waals surface area contributed by atoms with E-state index in [0.29, 0.717) is 28.4 Å². The second-order valence-corrected chi connectivity index (χ2v) is 8.11. The van der Waals surface area contributed by atoms with E-state index in [9.17, 15) is 9.59 Å². The van der Waals surface area contributed by atoms with E-state index in [-0.39, 0.29) is 5.70 Å². The van der Waals surface area contributed by atoms with Crippen molar-refractivity contribution in [3.63, 3.8) is 0 Å². The van der Waals surface area contributed by atoms with Gasteiger partial charge in [0.15, 0.2) is 0 Å². The molecule has 6 heteroatoms. The van der Waals surface area contributed by atoms with Gasteiger partial charge in [0, 0.05) is 27.4 Å². The summed E-state index contributed by atoms with van der Waals surface area (Å²) in [7, 11) is 1.62. The van der Waals surface area contributed by atoms with Gasteiger partial charge in [-0.05, 0) is 35.9 Å². The number of ether oxygens (including phenoxy) is 1. The number of hydrogen-bond acceptors (Lipinski definition) is 5. The van der Waals surface area contributed by atoms with Gasteiger partial charge in [0.25, 0.3) is 0 Å². The summed E-state index contributed by atoms with van der Waals surface area (Å²) in [6.45, 7) is 0. The molecule has 0 saturated carbocycles. The van der Waals surface area contributed by atoms with E-state index < -0.39 is 11.6 Å². The zero-order chi connectivity index (χ0) is 23.2. The van der Waals surface area contributed by atoms with E-state index in [4.69, 9.17) is 9.72 Å². The number of pyridine rings is 1. The average Bonchev–Trinajstić information content (AvgIpc) is 3.25.